The number of nitrogens with one attached hydrogen (secondary N) is 1. The van der Waals surface area contributed by atoms with Crippen LogP contribution in [0.2, 0.25) is 5.15 Å². The average molecular weight is 628 g/mol. The van der Waals surface area contributed by atoms with Gasteiger partial charge < -0.3 is 14.8 Å². The highest BCUT2D eigenvalue weighted by atomic mass is 35.5. The van der Waals surface area contributed by atoms with Crippen LogP contribution in [0.4, 0.5) is 11.5 Å². The minimum atomic E-state index is 0.483. The van der Waals surface area contributed by atoms with Crippen LogP contribution in [-0.4, -0.2) is 49.5 Å². The van der Waals surface area contributed by atoms with Crippen molar-refractivity contribution in [1.82, 2.24) is 29.9 Å². The van der Waals surface area contributed by atoms with E-state index in [1.54, 1.807) is 42.0 Å². The topological polar surface area (TPSA) is 108 Å². The van der Waals surface area contributed by atoms with E-state index in [1.165, 1.54) is 24.0 Å². The van der Waals surface area contributed by atoms with E-state index >= 15 is 0 Å². The third-order valence-corrected chi connectivity index (χ3v) is 9.78. The minimum absolute atomic E-state index is 0.483. The van der Waals surface area contributed by atoms with Gasteiger partial charge in [-0.15, -0.1) is 22.7 Å². The number of aromatic nitrogens is 6. The number of thiazole rings is 2. The summed E-state index contributed by atoms with van der Waals surface area (Å²) in [6.45, 7) is 0.483. The first-order chi connectivity index (χ1) is 19.6. The Morgan fingerprint density at radius 3 is 2.17 bits per heavy atom. The Hall–Kier alpha value is -3.23. The van der Waals surface area contributed by atoms with Crippen LogP contribution in [0.3, 0.4) is 0 Å². The summed E-state index contributed by atoms with van der Waals surface area (Å²) >= 11 is 12.1. The zero-order chi connectivity index (χ0) is 27.9. The van der Waals surface area contributed by atoms with E-state index in [2.05, 4.69) is 35.2 Å². The Morgan fingerprint density at radius 2 is 1.50 bits per heavy atom. The molecule has 0 aliphatic heterocycles. The highest BCUT2D eigenvalue weighted by molar-refractivity contribution is 8.00. The molecule has 4 aromatic heterocycles. The van der Waals surface area contributed by atoms with E-state index in [0.717, 1.165) is 46.6 Å². The van der Waals surface area contributed by atoms with Crippen molar-refractivity contribution in [2.75, 3.05) is 24.9 Å². The summed E-state index contributed by atoms with van der Waals surface area (Å²) in [4.78, 5) is 25.2. The van der Waals surface area contributed by atoms with Gasteiger partial charge in [0.2, 0.25) is 0 Å². The number of ether oxygens (including phenoxy) is 2. The molecule has 0 fully saturated rings. The van der Waals surface area contributed by atoms with Crippen LogP contribution >= 0.6 is 57.8 Å². The summed E-state index contributed by atoms with van der Waals surface area (Å²) in [5, 5.41) is 3.84. The van der Waals surface area contributed by atoms with Gasteiger partial charge in [0.05, 0.1) is 7.11 Å². The predicted octanol–water partition coefficient (Wildman–Crippen LogP) is 7.60. The summed E-state index contributed by atoms with van der Waals surface area (Å²) in [7, 11) is 1.66. The molecule has 40 heavy (non-hydrogen) atoms. The monoisotopic (exact) mass is 627 g/mol. The van der Waals surface area contributed by atoms with Crippen LogP contribution in [-0.2, 0) is 6.61 Å². The second kappa shape index (κ2) is 13.4. The molecule has 0 aliphatic carbocycles. The van der Waals surface area contributed by atoms with E-state index in [1.807, 2.05) is 61.0 Å². The third-order valence-electron chi connectivity index (χ3n) is 5.31. The molecule has 9 nitrogen and oxygen atoms in total. The Bertz CT molecular complexity index is 1730. The molecule has 0 bridgehead atoms. The molecule has 0 atom stereocenters. The molecule has 6 rings (SSSR count). The fraction of sp³-hybridized carbons (Fsp3) is 0.154. The molecule has 4 heterocycles. The first-order valence-electron chi connectivity index (χ1n) is 11.7. The summed E-state index contributed by atoms with van der Waals surface area (Å²) < 4.78 is 14.8. The second-order valence-corrected chi connectivity index (χ2v) is 12.3. The molecule has 0 unspecified atom stereocenters. The third kappa shape index (κ3) is 6.91. The van der Waals surface area contributed by atoms with Crippen molar-refractivity contribution >= 4 is 90.0 Å². The van der Waals surface area contributed by atoms with Gasteiger partial charge in [0.25, 0.3) is 0 Å². The zero-order valence-electron chi connectivity index (χ0n) is 21.5. The quantitative estimate of drug-likeness (QED) is 0.133. The van der Waals surface area contributed by atoms with Gasteiger partial charge in [-0.05, 0) is 42.3 Å². The number of nitrogens with zero attached hydrogens (tertiary/aromatic N) is 6. The lowest BCUT2D eigenvalue weighted by Gasteiger charge is -2.10. The Kier molecular flexibility index (Phi) is 9.49. The molecule has 0 amide bonds. The summed E-state index contributed by atoms with van der Waals surface area (Å²) in [5.41, 5.74) is 3.36. The van der Waals surface area contributed by atoms with Crippen molar-refractivity contribution in [3.63, 3.8) is 0 Å². The van der Waals surface area contributed by atoms with Crippen LogP contribution in [0.25, 0.3) is 20.7 Å². The fourth-order valence-corrected chi connectivity index (χ4v) is 6.49. The van der Waals surface area contributed by atoms with Gasteiger partial charge >= 0.3 is 0 Å². The van der Waals surface area contributed by atoms with E-state index in [9.17, 15) is 0 Å². The van der Waals surface area contributed by atoms with Crippen molar-refractivity contribution in [2.24, 2.45) is 0 Å². The van der Waals surface area contributed by atoms with Crippen molar-refractivity contribution in [3.05, 3.63) is 71.9 Å². The first-order valence-corrected chi connectivity index (χ1v) is 16.1. The number of fused-ring (bicyclic) bond motifs is 2. The van der Waals surface area contributed by atoms with Crippen molar-refractivity contribution in [1.29, 1.82) is 0 Å². The van der Waals surface area contributed by atoms with Gasteiger partial charge in [-0.25, -0.2) is 29.9 Å². The predicted molar refractivity (Wildman–Crippen MR) is 166 cm³/mol. The average Bonchev–Trinajstić information content (AvgIpc) is 3.62. The van der Waals surface area contributed by atoms with Crippen molar-refractivity contribution in [3.8, 4) is 11.5 Å². The SMILES string of the molecule is COc1ccc(COc2cccc(Nc3ncnc4nc(SC)sc34)c2)cc1.CSc1nc2ncnc(Cl)c2s1. The normalized spacial score (nSPS) is 10.8. The Balaban J connectivity index is 0.000000223. The van der Waals surface area contributed by atoms with Crippen molar-refractivity contribution in [2.45, 2.75) is 15.3 Å². The molecule has 14 heteroatoms. The van der Waals surface area contributed by atoms with Gasteiger partial charge in [-0.3, -0.25) is 0 Å². The highest BCUT2D eigenvalue weighted by Gasteiger charge is 2.11. The minimum Gasteiger partial charge on any atom is -0.497 e. The van der Waals surface area contributed by atoms with Crippen molar-refractivity contribution < 1.29 is 9.47 Å². The fourth-order valence-electron chi connectivity index (χ4n) is 3.39. The molecule has 0 radical (unpaired) electrons. The van der Waals surface area contributed by atoms with Crippen LogP contribution in [0.15, 0.2) is 69.9 Å². The van der Waals surface area contributed by atoms with E-state index in [0.29, 0.717) is 23.1 Å². The summed E-state index contributed by atoms with van der Waals surface area (Å²) in [5.74, 6) is 2.36. The van der Waals surface area contributed by atoms with Crippen LogP contribution in [0.1, 0.15) is 5.56 Å². The molecular formula is C26H22ClN7O2S4. The van der Waals surface area contributed by atoms with Gasteiger partial charge in [0, 0.05) is 11.8 Å². The van der Waals surface area contributed by atoms with Gasteiger partial charge in [0.1, 0.15) is 40.2 Å². The van der Waals surface area contributed by atoms with Crippen LogP contribution in [0, 0.1) is 0 Å². The van der Waals surface area contributed by atoms with E-state index < -0.39 is 0 Å². The van der Waals surface area contributed by atoms with Crippen LogP contribution < -0.4 is 14.8 Å². The summed E-state index contributed by atoms with van der Waals surface area (Å²) in [6, 6.07) is 15.6. The molecule has 2 aromatic carbocycles. The maximum Gasteiger partial charge on any atom is 0.176 e. The standard InChI is InChI=1S/C20H18N4O2S2.C6H4ClN3S2/c1-25-15-8-6-13(7-9-15)11-26-16-5-3-4-14(10-16)23-18-17-19(22-12-21-18)24-20(27-2)28-17;1-11-6-10-5-3(12-6)4(7)8-2-9-5/h3-10,12H,11H2,1-2H3,(H,21,22,23);2H,1H3. The number of halogens is 1. The zero-order valence-corrected chi connectivity index (χ0v) is 25.5. The number of anilines is 2. The van der Waals surface area contributed by atoms with Crippen LogP contribution in [0.5, 0.6) is 11.5 Å². The smallest absolute Gasteiger partial charge is 0.176 e. The molecule has 1 N–H and O–H groups in total. The number of hydrogen-bond donors (Lipinski definition) is 1. The highest BCUT2D eigenvalue weighted by Crippen LogP contribution is 2.33. The Morgan fingerprint density at radius 1 is 0.825 bits per heavy atom. The maximum atomic E-state index is 5.93. The molecule has 0 aliphatic rings. The van der Waals surface area contributed by atoms with Gasteiger partial charge in [0.15, 0.2) is 30.9 Å². The van der Waals surface area contributed by atoms with Gasteiger partial charge in [-0.1, -0.05) is 53.3 Å². The Labute approximate surface area is 251 Å². The lowest BCUT2D eigenvalue weighted by atomic mass is 10.2. The molecule has 0 saturated carbocycles. The number of hydrogen-bond acceptors (Lipinski definition) is 13. The number of methoxy groups -OCH3 is 1. The second-order valence-electron chi connectivity index (χ2n) is 7.85. The lowest BCUT2D eigenvalue weighted by Crippen LogP contribution is -1.98. The van der Waals surface area contributed by atoms with Gasteiger partial charge in [-0.2, -0.15) is 0 Å². The van der Waals surface area contributed by atoms with E-state index in [-0.39, 0.29) is 0 Å². The molecular weight excluding hydrogens is 606 g/mol. The number of thioether (sulfide) groups is 2. The van der Waals surface area contributed by atoms with E-state index in [4.69, 9.17) is 21.1 Å². The number of rotatable bonds is 8. The first kappa shape index (κ1) is 28.3. The maximum absolute atomic E-state index is 5.93. The molecule has 0 spiro atoms. The molecule has 0 saturated heterocycles. The molecule has 204 valence electrons. The summed E-state index contributed by atoms with van der Waals surface area (Å²) in [6.07, 6.45) is 6.92. The largest absolute Gasteiger partial charge is 0.497 e. The molecule has 6 aromatic rings. The number of benzene rings is 2. The lowest BCUT2D eigenvalue weighted by molar-refractivity contribution is 0.306.